The van der Waals surface area contributed by atoms with Crippen molar-refractivity contribution in [3.05, 3.63) is 83.2 Å². The van der Waals surface area contributed by atoms with Crippen molar-refractivity contribution in [3.8, 4) is 0 Å². The molecule has 0 saturated heterocycles. The van der Waals surface area contributed by atoms with Crippen LogP contribution in [-0.4, -0.2) is 4.98 Å². The summed E-state index contributed by atoms with van der Waals surface area (Å²) >= 11 is 0. The molecule has 0 N–H and O–H groups in total. The first-order chi connectivity index (χ1) is 15.8. The van der Waals surface area contributed by atoms with E-state index in [1.807, 2.05) is 6.20 Å². The maximum Gasteiger partial charge on any atom is 0.139 e. The van der Waals surface area contributed by atoms with Crippen molar-refractivity contribution >= 4 is 38.3 Å². The summed E-state index contributed by atoms with van der Waals surface area (Å²) < 4.78 is 6.65. The normalized spacial score (nSPS) is 20.5. The first kappa shape index (κ1) is 20.5. The third-order valence-corrected chi connectivity index (χ3v) is 8.02. The summed E-state index contributed by atoms with van der Waals surface area (Å²) in [7, 11) is 0. The van der Waals surface area contributed by atoms with E-state index in [0.29, 0.717) is 0 Å². The van der Waals surface area contributed by atoms with E-state index in [9.17, 15) is 0 Å². The van der Waals surface area contributed by atoms with Crippen molar-refractivity contribution in [1.82, 2.24) is 4.98 Å². The highest BCUT2D eigenvalue weighted by atomic mass is 16.3. The molecule has 2 aromatic heterocycles. The predicted octanol–water partition coefficient (Wildman–Crippen LogP) is 8.77. The second kappa shape index (κ2) is 6.93. The van der Waals surface area contributed by atoms with Gasteiger partial charge in [0.15, 0.2) is 0 Å². The molecule has 2 aromatic carbocycles. The third-order valence-electron chi connectivity index (χ3n) is 8.02. The van der Waals surface area contributed by atoms with Crippen molar-refractivity contribution in [3.63, 3.8) is 0 Å². The molecule has 0 atom stereocenters. The van der Waals surface area contributed by atoms with Gasteiger partial charge in [0.2, 0.25) is 0 Å². The highest BCUT2D eigenvalue weighted by Gasteiger charge is 2.39. The molecule has 0 fully saturated rings. The number of allylic oxidation sites excluding steroid dienone is 6. The fourth-order valence-corrected chi connectivity index (χ4v) is 5.87. The van der Waals surface area contributed by atoms with E-state index in [1.54, 1.807) is 0 Å². The van der Waals surface area contributed by atoms with Gasteiger partial charge in [-0.1, -0.05) is 64.1 Å². The van der Waals surface area contributed by atoms with E-state index < -0.39 is 0 Å². The molecule has 4 aromatic rings. The second-order valence-corrected chi connectivity index (χ2v) is 11.1. The van der Waals surface area contributed by atoms with Gasteiger partial charge in [0.1, 0.15) is 11.2 Å². The number of hydrogen-bond donors (Lipinski definition) is 0. The van der Waals surface area contributed by atoms with E-state index in [4.69, 9.17) is 9.40 Å². The predicted molar refractivity (Wildman–Crippen MR) is 140 cm³/mol. The Labute approximate surface area is 195 Å². The Hall–Kier alpha value is -3.13. The Bertz CT molecular complexity index is 1540. The smallest absolute Gasteiger partial charge is 0.139 e. The summed E-state index contributed by atoms with van der Waals surface area (Å²) in [6.07, 6.45) is 13.9. The van der Waals surface area contributed by atoms with E-state index in [0.717, 1.165) is 23.3 Å². The van der Waals surface area contributed by atoms with Gasteiger partial charge in [0.05, 0.1) is 5.69 Å². The number of furan rings is 1. The topological polar surface area (TPSA) is 26.0 Å². The maximum absolute atomic E-state index is 6.65. The largest absolute Gasteiger partial charge is 0.456 e. The quantitative estimate of drug-likeness (QED) is 0.300. The molecule has 0 saturated carbocycles. The van der Waals surface area contributed by atoms with Gasteiger partial charge in [-0.05, 0) is 77.3 Å². The number of nitrogens with zero attached hydrogens (tertiary/aromatic N) is 1. The molecule has 166 valence electrons. The molecule has 0 spiro atoms. The highest BCUT2D eigenvalue weighted by Crippen LogP contribution is 2.50. The molecular formula is C31H31NO. The Kier molecular flexibility index (Phi) is 4.30. The summed E-state index contributed by atoms with van der Waals surface area (Å²) in [6.45, 7) is 11.7. The average molecular weight is 434 g/mol. The van der Waals surface area contributed by atoms with Crippen LogP contribution in [0.2, 0.25) is 0 Å². The number of rotatable bonds is 1. The minimum Gasteiger partial charge on any atom is -0.456 e. The van der Waals surface area contributed by atoms with Crippen molar-refractivity contribution in [2.45, 2.75) is 64.7 Å². The van der Waals surface area contributed by atoms with Gasteiger partial charge in [-0.25, -0.2) is 0 Å². The van der Waals surface area contributed by atoms with Crippen LogP contribution in [0, 0.1) is 0 Å². The molecule has 2 heteroatoms. The summed E-state index contributed by atoms with van der Waals surface area (Å²) in [5.74, 6) is 0. The second-order valence-electron chi connectivity index (χ2n) is 11.1. The standard InChI is InChI=1S/C31H31NO/c1-19(20-9-7-6-8-10-20)28-23-18-24-22-11-12-25-27(31(4,5)15-14-30(25,2)3)29(22)33-26(24)17-21(23)13-16-32-28/h6-9,11-13,16-18H,10,14-15H2,1-5H3/b20-19+. The van der Waals surface area contributed by atoms with Crippen molar-refractivity contribution in [2.24, 2.45) is 0 Å². The molecule has 6 rings (SSSR count). The molecule has 2 heterocycles. The summed E-state index contributed by atoms with van der Waals surface area (Å²) in [5.41, 5.74) is 8.78. The van der Waals surface area contributed by atoms with Crippen molar-refractivity contribution < 1.29 is 4.42 Å². The zero-order valence-corrected chi connectivity index (χ0v) is 20.3. The van der Waals surface area contributed by atoms with E-state index in [1.165, 1.54) is 56.7 Å². The molecule has 0 radical (unpaired) electrons. The molecule has 0 bridgehead atoms. The number of hydrogen-bond acceptors (Lipinski definition) is 2. The van der Waals surface area contributed by atoms with E-state index in [-0.39, 0.29) is 10.8 Å². The highest BCUT2D eigenvalue weighted by molar-refractivity contribution is 6.12. The van der Waals surface area contributed by atoms with Crippen LogP contribution < -0.4 is 0 Å². The number of benzene rings is 2. The van der Waals surface area contributed by atoms with Crippen molar-refractivity contribution in [2.75, 3.05) is 0 Å². The van der Waals surface area contributed by atoms with Crippen LogP contribution in [0.3, 0.4) is 0 Å². The number of fused-ring (bicyclic) bond motifs is 6. The van der Waals surface area contributed by atoms with E-state index >= 15 is 0 Å². The van der Waals surface area contributed by atoms with Crippen LogP contribution in [0.15, 0.2) is 70.8 Å². The summed E-state index contributed by atoms with van der Waals surface area (Å²) in [4.78, 5) is 4.82. The molecule has 0 amide bonds. The van der Waals surface area contributed by atoms with Crippen LogP contribution in [0.5, 0.6) is 0 Å². The SMILES string of the molecule is C/C(=C1/C=CC=CC1)c1nccc2cc3oc4c5c(ccc4c3cc12)C(C)(C)CCC5(C)C. The first-order valence-corrected chi connectivity index (χ1v) is 12.1. The monoisotopic (exact) mass is 433 g/mol. The van der Waals surface area contributed by atoms with Gasteiger partial charge in [-0.2, -0.15) is 0 Å². The molecule has 2 aliphatic rings. The lowest BCUT2D eigenvalue weighted by molar-refractivity contribution is 0.331. The van der Waals surface area contributed by atoms with Crippen LogP contribution >= 0.6 is 0 Å². The van der Waals surface area contributed by atoms with Gasteiger partial charge >= 0.3 is 0 Å². The van der Waals surface area contributed by atoms with Crippen LogP contribution in [-0.2, 0) is 10.8 Å². The average Bonchev–Trinajstić information content (AvgIpc) is 3.17. The Balaban J connectivity index is 1.66. The molecular weight excluding hydrogens is 402 g/mol. The molecule has 0 aliphatic heterocycles. The first-order valence-electron chi connectivity index (χ1n) is 12.1. The minimum absolute atomic E-state index is 0.103. The fraction of sp³-hybridized carbons (Fsp3) is 0.323. The van der Waals surface area contributed by atoms with E-state index in [2.05, 4.69) is 89.3 Å². The Morgan fingerprint density at radius 3 is 2.52 bits per heavy atom. The van der Waals surface area contributed by atoms with Crippen LogP contribution in [0.25, 0.3) is 38.3 Å². The number of aromatic nitrogens is 1. The summed E-state index contributed by atoms with van der Waals surface area (Å²) in [5, 5.41) is 4.77. The zero-order valence-electron chi connectivity index (χ0n) is 20.3. The van der Waals surface area contributed by atoms with Gasteiger partial charge in [0.25, 0.3) is 0 Å². The van der Waals surface area contributed by atoms with Gasteiger partial charge < -0.3 is 4.42 Å². The number of pyridine rings is 1. The maximum atomic E-state index is 6.65. The van der Waals surface area contributed by atoms with Crippen molar-refractivity contribution in [1.29, 1.82) is 0 Å². The molecule has 2 aliphatic carbocycles. The van der Waals surface area contributed by atoms with Gasteiger partial charge in [-0.3, -0.25) is 4.98 Å². The molecule has 33 heavy (non-hydrogen) atoms. The zero-order chi connectivity index (χ0) is 23.0. The lowest BCUT2D eigenvalue weighted by Gasteiger charge is -2.41. The lowest BCUT2D eigenvalue weighted by Crippen LogP contribution is -2.33. The third kappa shape index (κ3) is 3.04. The minimum atomic E-state index is 0.103. The Morgan fingerprint density at radius 2 is 1.73 bits per heavy atom. The Morgan fingerprint density at radius 1 is 0.909 bits per heavy atom. The molecule has 2 nitrogen and oxygen atoms in total. The van der Waals surface area contributed by atoms with Crippen LogP contribution in [0.4, 0.5) is 0 Å². The van der Waals surface area contributed by atoms with Gasteiger partial charge in [0, 0.05) is 27.9 Å². The van der Waals surface area contributed by atoms with Crippen LogP contribution in [0.1, 0.15) is 70.7 Å². The summed E-state index contributed by atoms with van der Waals surface area (Å²) in [6, 6.07) is 11.2. The molecule has 0 unspecified atom stereocenters. The van der Waals surface area contributed by atoms with Gasteiger partial charge in [-0.15, -0.1) is 0 Å². The lowest BCUT2D eigenvalue weighted by atomic mass is 9.63. The fourth-order valence-electron chi connectivity index (χ4n) is 5.87.